The number of methoxy groups -OCH3 is 2. The first-order valence-electron chi connectivity index (χ1n) is 10.8. The first kappa shape index (κ1) is 24.7. The summed E-state index contributed by atoms with van der Waals surface area (Å²) in [6.45, 7) is 2.67. The summed E-state index contributed by atoms with van der Waals surface area (Å²) in [5, 5.41) is 6.57. The van der Waals surface area contributed by atoms with E-state index in [4.69, 9.17) is 14.2 Å². The highest BCUT2D eigenvalue weighted by molar-refractivity contribution is 7.17. The van der Waals surface area contributed by atoms with Crippen LogP contribution in [0.1, 0.15) is 15.2 Å². The van der Waals surface area contributed by atoms with Gasteiger partial charge in [-0.1, -0.05) is 11.3 Å². The van der Waals surface area contributed by atoms with Crippen molar-refractivity contribution in [1.82, 2.24) is 20.1 Å². The van der Waals surface area contributed by atoms with Gasteiger partial charge in [-0.15, -0.1) is 0 Å². The van der Waals surface area contributed by atoms with Crippen LogP contribution in [0.2, 0.25) is 0 Å². The summed E-state index contributed by atoms with van der Waals surface area (Å²) in [6.07, 6.45) is 3.94. The highest BCUT2D eigenvalue weighted by Crippen LogP contribution is 2.32. The van der Waals surface area contributed by atoms with Crippen LogP contribution in [0.3, 0.4) is 0 Å². The van der Waals surface area contributed by atoms with Gasteiger partial charge < -0.3 is 34.6 Å². The van der Waals surface area contributed by atoms with Crippen molar-refractivity contribution in [1.29, 1.82) is 0 Å². The van der Waals surface area contributed by atoms with E-state index in [1.54, 1.807) is 6.20 Å². The largest absolute Gasteiger partial charge is 0.494 e. The highest BCUT2D eigenvalue weighted by Gasteiger charge is 2.23. The molecule has 2 aliphatic heterocycles. The lowest BCUT2D eigenvalue weighted by Crippen LogP contribution is -2.46. The molecule has 2 aromatic rings. The van der Waals surface area contributed by atoms with Crippen molar-refractivity contribution in [3.05, 3.63) is 46.3 Å². The number of piperazine rings is 1. The predicted molar refractivity (Wildman–Crippen MR) is 127 cm³/mol. The van der Waals surface area contributed by atoms with Crippen molar-refractivity contribution in [2.75, 3.05) is 52.8 Å². The van der Waals surface area contributed by atoms with Gasteiger partial charge in [-0.2, -0.15) is 0 Å². The first-order chi connectivity index (χ1) is 16.9. The molecule has 10 nitrogen and oxygen atoms in total. The Morgan fingerprint density at radius 2 is 1.89 bits per heavy atom. The molecule has 1 atom stereocenters. The third kappa shape index (κ3) is 5.62. The highest BCUT2D eigenvalue weighted by atomic mass is 32.1. The van der Waals surface area contributed by atoms with Crippen LogP contribution in [-0.4, -0.2) is 80.6 Å². The molecule has 1 amide bonds. The minimum Gasteiger partial charge on any atom is -0.494 e. The molecule has 1 aromatic carbocycles. The van der Waals surface area contributed by atoms with Gasteiger partial charge >= 0.3 is 0 Å². The predicted octanol–water partition coefficient (Wildman–Crippen LogP) is 2.25. The third-order valence-electron chi connectivity index (χ3n) is 5.55. The van der Waals surface area contributed by atoms with E-state index >= 15 is 0 Å². The smallest absolute Gasteiger partial charge is 0.265 e. The fourth-order valence-electron chi connectivity index (χ4n) is 3.49. The minimum atomic E-state index is -0.864. The number of allylic oxidation sites excluding steroid dienone is 1. The molecule has 13 heteroatoms. The van der Waals surface area contributed by atoms with Crippen molar-refractivity contribution >= 4 is 28.6 Å². The summed E-state index contributed by atoms with van der Waals surface area (Å²) >= 11 is 1.25. The molecular formula is C22H26F2N6O4S. The topological polar surface area (TPSA) is 101 Å². The second-order valence-corrected chi connectivity index (χ2v) is 8.87. The summed E-state index contributed by atoms with van der Waals surface area (Å²) in [4.78, 5) is 25.8. The lowest BCUT2D eigenvalue weighted by molar-refractivity contribution is 0.0668. The molecule has 1 unspecified atom stereocenters. The monoisotopic (exact) mass is 508 g/mol. The maximum Gasteiger partial charge on any atom is 0.265 e. The number of hydrogen-bond acceptors (Lipinski definition) is 10. The molecule has 0 bridgehead atoms. The second kappa shape index (κ2) is 10.9. The van der Waals surface area contributed by atoms with Crippen LogP contribution in [0.25, 0.3) is 0 Å². The van der Waals surface area contributed by atoms with Crippen LogP contribution >= 0.6 is 11.3 Å². The number of aromatic nitrogens is 1. The average Bonchev–Trinajstić information content (AvgIpc) is 3.33. The zero-order valence-electron chi connectivity index (χ0n) is 19.5. The van der Waals surface area contributed by atoms with Crippen LogP contribution < -0.4 is 20.1 Å². The summed E-state index contributed by atoms with van der Waals surface area (Å²) in [7, 11) is 4.59. The van der Waals surface area contributed by atoms with Crippen molar-refractivity contribution in [2.24, 2.45) is 4.99 Å². The van der Waals surface area contributed by atoms with Gasteiger partial charge in [0.15, 0.2) is 40.3 Å². The fraction of sp³-hybridized carbons (Fsp3) is 0.409. The van der Waals surface area contributed by atoms with Gasteiger partial charge in [0.1, 0.15) is 11.5 Å². The Bertz CT molecular complexity index is 1110. The number of thiazole rings is 1. The molecule has 1 saturated heterocycles. The Hall–Kier alpha value is -3.45. The molecule has 3 heterocycles. The van der Waals surface area contributed by atoms with Gasteiger partial charge in [-0.3, -0.25) is 4.79 Å². The molecule has 0 saturated carbocycles. The van der Waals surface area contributed by atoms with E-state index in [0.29, 0.717) is 23.1 Å². The molecule has 35 heavy (non-hydrogen) atoms. The van der Waals surface area contributed by atoms with Gasteiger partial charge in [-0.05, 0) is 7.05 Å². The molecule has 0 radical (unpaired) electrons. The molecule has 1 aromatic heterocycles. The Balaban J connectivity index is 1.31. The van der Waals surface area contributed by atoms with Crippen molar-refractivity contribution in [3.63, 3.8) is 0 Å². The number of carbonyl (C=O) groups is 1. The second-order valence-electron chi connectivity index (χ2n) is 7.84. The molecule has 0 spiro atoms. The first-order valence-corrected chi connectivity index (χ1v) is 11.6. The summed E-state index contributed by atoms with van der Waals surface area (Å²) < 4.78 is 44.3. The van der Waals surface area contributed by atoms with Crippen molar-refractivity contribution in [3.8, 4) is 11.5 Å². The van der Waals surface area contributed by atoms with Crippen LogP contribution in [0.15, 0.2) is 29.2 Å². The quantitative estimate of drug-likeness (QED) is 0.560. The zero-order valence-corrected chi connectivity index (χ0v) is 20.3. The normalized spacial score (nSPS) is 18.0. The standard InChI is InChI=1S/C22H26F2N6O4S/c1-29-4-6-30(7-5-29)20(31)17-11-27-22(35-17)28-21-25-9-13(10-26-21)34-12-14-18(23)15(32-2)8-16(33-3)19(14)24/h8-11,21,25H,4-7,12H2,1-3H3,(H,27,28). The van der Waals surface area contributed by atoms with E-state index in [1.807, 2.05) is 11.9 Å². The number of aliphatic imine (C=N–C) groups is 1. The van der Waals surface area contributed by atoms with Crippen LogP contribution in [0.4, 0.5) is 13.9 Å². The Morgan fingerprint density at radius 3 is 2.49 bits per heavy atom. The van der Waals surface area contributed by atoms with Gasteiger partial charge in [0.05, 0.1) is 32.2 Å². The molecule has 0 aliphatic carbocycles. The SMILES string of the molecule is COc1cc(OC)c(F)c(COC2=CNC(Nc3ncc(C(=O)N4CCN(C)CC4)s3)N=C2)c1F. The van der Waals surface area contributed by atoms with Crippen molar-refractivity contribution < 1.29 is 27.8 Å². The van der Waals surface area contributed by atoms with Gasteiger partial charge in [0.2, 0.25) is 0 Å². The molecule has 2 N–H and O–H groups in total. The molecule has 2 aliphatic rings. The van der Waals surface area contributed by atoms with Crippen molar-refractivity contribution in [2.45, 2.75) is 12.9 Å². The Labute approximate surface area is 205 Å². The van der Waals surface area contributed by atoms with E-state index in [2.05, 4.69) is 25.5 Å². The van der Waals surface area contributed by atoms with Gasteiger partial charge in [-0.25, -0.2) is 18.8 Å². The molecule has 1 fully saturated rings. The number of amides is 1. The van der Waals surface area contributed by atoms with E-state index in [0.717, 1.165) is 19.2 Å². The van der Waals surface area contributed by atoms with E-state index in [9.17, 15) is 13.6 Å². The number of rotatable bonds is 8. The number of nitrogens with one attached hydrogen (secondary N) is 2. The number of ether oxygens (including phenoxy) is 3. The third-order valence-corrected chi connectivity index (χ3v) is 6.47. The number of carbonyl (C=O) groups excluding carboxylic acids is 1. The lowest BCUT2D eigenvalue weighted by Gasteiger charge is -2.31. The average molecular weight is 509 g/mol. The van der Waals surface area contributed by atoms with Crippen LogP contribution in [0.5, 0.6) is 11.5 Å². The summed E-state index contributed by atoms with van der Waals surface area (Å²) in [5.74, 6) is -1.79. The van der Waals surface area contributed by atoms with E-state index in [-0.39, 0.29) is 28.7 Å². The number of halogens is 2. The number of nitrogens with zero attached hydrogens (tertiary/aromatic N) is 4. The fourth-order valence-corrected chi connectivity index (χ4v) is 4.29. The molecular weight excluding hydrogens is 482 g/mol. The number of likely N-dealkylation sites (N-methyl/N-ethyl adjacent to an activating group) is 1. The number of benzene rings is 1. The van der Waals surface area contributed by atoms with E-state index in [1.165, 1.54) is 38.0 Å². The minimum absolute atomic E-state index is 0.0343. The number of anilines is 1. The lowest BCUT2D eigenvalue weighted by atomic mass is 10.1. The van der Waals surface area contributed by atoms with Crippen LogP contribution in [0, 0.1) is 11.6 Å². The van der Waals surface area contributed by atoms with E-state index < -0.39 is 24.5 Å². The number of hydrogen-bond donors (Lipinski definition) is 2. The maximum atomic E-state index is 14.5. The summed E-state index contributed by atoms with van der Waals surface area (Å²) in [6, 6.07) is 1.13. The van der Waals surface area contributed by atoms with Gasteiger partial charge in [0, 0.05) is 38.4 Å². The maximum absolute atomic E-state index is 14.5. The van der Waals surface area contributed by atoms with Crippen LogP contribution in [-0.2, 0) is 11.3 Å². The van der Waals surface area contributed by atoms with Gasteiger partial charge in [0.25, 0.3) is 5.91 Å². The molecule has 188 valence electrons. The Morgan fingerprint density at radius 1 is 1.20 bits per heavy atom. The Kier molecular flexibility index (Phi) is 7.66. The summed E-state index contributed by atoms with van der Waals surface area (Å²) in [5.41, 5.74) is -0.323. The molecule has 4 rings (SSSR count). The zero-order chi connectivity index (χ0) is 24.9.